The summed E-state index contributed by atoms with van der Waals surface area (Å²) in [5, 5.41) is 2.55. The summed E-state index contributed by atoms with van der Waals surface area (Å²) < 4.78 is 24.0. The van der Waals surface area contributed by atoms with Crippen LogP contribution in [0.4, 0.5) is 5.82 Å². The van der Waals surface area contributed by atoms with Gasteiger partial charge < -0.3 is 5.32 Å². The van der Waals surface area contributed by atoms with E-state index in [0.29, 0.717) is 10.3 Å². The average molecular weight is 336 g/mol. The molecule has 0 radical (unpaired) electrons. The number of nitrogens with one attached hydrogen (secondary N) is 1. The van der Waals surface area contributed by atoms with Crippen LogP contribution in [0, 0.1) is 6.92 Å². The fourth-order valence-electron chi connectivity index (χ4n) is 1.12. The van der Waals surface area contributed by atoms with Gasteiger partial charge in [-0.05, 0) is 34.5 Å². The van der Waals surface area contributed by atoms with Gasteiger partial charge in [0.25, 0.3) is 0 Å². The van der Waals surface area contributed by atoms with Gasteiger partial charge in [-0.2, -0.15) is 4.31 Å². The van der Waals surface area contributed by atoms with Crippen molar-refractivity contribution in [2.45, 2.75) is 6.92 Å². The van der Waals surface area contributed by atoms with E-state index in [1.165, 1.54) is 7.05 Å². The van der Waals surface area contributed by atoms with Gasteiger partial charge in [-0.25, -0.2) is 13.4 Å². The minimum absolute atomic E-state index is 0.249. The van der Waals surface area contributed by atoms with Crippen molar-refractivity contribution in [1.29, 1.82) is 0 Å². The van der Waals surface area contributed by atoms with Gasteiger partial charge in [0.2, 0.25) is 15.9 Å². The van der Waals surface area contributed by atoms with Crippen LogP contribution in [0.3, 0.4) is 0 Å². The Bertz CT molecular complexity index is 559. The van der Waals surface area contributed by atoms with Crippen LogP contribution < -0.4 is 5.32 Å². The lowest BCUT2D eigenvalue weighted by Gasteiger charge is -2.14. The van der Waals surface area contributed by atoms with Crippen LogP contribution in [0.2, 0.25) is 0 Å². The van der Waals surface area contributed by atoms with Crippen LogP contribution in [-0.4, -0.2) is 43.5 Å². The number of anilines is 1. The summed E-state index contributed by atoms with van der Waals surface area (Å²) in [6, 6.07) is 1.79. The predicted molar refractivity (Wildman–Crippen MR) is 72.8 cm³/mol. The van der Waals surface area contributed by atoms with Gasteiger partial charge in [0.05, 0.1) is 17.3 Å². The minimum atomic E-state index is -3.37. The van der Waals surface area contributed by atoms with Gasteiger partial charge >= 0.3 is 0 Å². The number of nitrogens with zero attached hydrogens (tertiary/aromatic N) is 2. The molecule has 1 amide bonds. The van der Waals surface area contributed by atoms with Crippen LogP contribution >= 0.6 is 15.9 Å². The maximum absolute atomic E-state index is 11.7. The minimum Gasteiger partial charge on any atom is -0.309 e. The molecule has 0 aliphatic heterocycles. The van der Waals surface area contributed by atoms with Gasteiger partial charge in [-0.1, -0.05) is 0 Å². The van der Waals surface area contributed by atoms with E-state index >= 15 is 0 Å². The van der Waals surface area contributed by atoms with Crippen molar-refractivity contribution in [3.05, 3.63) is 22.3 Å². The fourth-order valence-corrected chi connectivity index (χ4v) is 1.80. The lowest BCUT2D eigenvalue weighted by molar-refractivity contribution is -0.116. The zero-order valence-corrected chi connectivity index (χ0v) is 12.7. The Labute approximate surface area is 115 Å². The van der Waals surface area contributed by atoms with E-state index in [9.17, 15) is 13.2 Å². The monoisotopic (exact) mass is 335 g/mol. The lowest BCUT2D eigenvalue weighted by Crippen LogP contribution is -2.34. The molecule has 0 spiro atoms. The largest absolute Gasteiger partial charge is 0.309 e. The van der Waals surface area contributed by atoms with Crippen LogP contribution in [-0.2, 0) is 14.8 Å². The van der Waals surface area contributed by atoms with Crippen molar-refractivity contribution in [2.75, 3.05) is 25.2 Å². The second kappa shape index (κ2) is 5.77. The van der Waals surface area contributed by atoms with E-state index in [1.807, 2.05) is 6.92 Å². The number of aryl methyl sites for hydroxylation is 1. The number of hydrogen-bond donors (Lipinski definition) is 1. The molecule has 0 fully saturated rings. The quantitative estimate of drug-likeness (QED) is 0.889. The van der Waals surface area contributed by atoms with Gasteiger partial charge in [0.1, 0.15) is 5.82 Å². The second-order valence-corrected chi connectivity index (χ2v) is 6.74. The van der Waals surface area contributed by atoms with Crippen molar-refractivity contribution in [1.82, 2.24) is 9.29 Å². The molecule has 0 bridgehead atoms. The Morgan fingerprint density at radius 3 is 2.72 bits per heavy atom. The molecular formula is C10H14BrN3O3S. The first kappa shape index (κ1) is 15.1. The van der Waals surface area contributed by atoms with Crippen molar-refractivity contribution in [3.8, 4) is 0 Å². The molecule has 0 aliphatic rings. The van der Waals surface area contributed by atoms with Crippen LogP contribution in [0.25, 0.3) is 0 Å². The normalized spacial score (nSPS) is 11.6. The Morgan fingerprint density at radius 1 is 1.56 bits per heavy atom. The zero-order chi connectivity index (χ0) is 13.9. The highest BCUT2D eigenvalue weighted by Crippen LogP contribution is 2.23. The van der Waals surface area contributed by atoms with Crippen LogP contribution in [0.5, 0.6) is 0 Å². The third kappa shape index (κ3) is 4.04. The van der Waals surface area contributed by atoms with Crippen molar-refractivity contribution in [3.63, 3.8) is 0 Å². The first-order valence-corrected chi connectivity index (χ1v) is 7.68. The number of sulfonamides is 1. The van der Waals surface area contributed by atoms with E-state index < -0.39 is 15.9 Å². The second-order valence-electron chi connectivity index (χ2n) is 3.86. The lowest BCUT2D eigenvalue weighted by atomic mass is 10.3. The summed E-state index contributed by atoms with van der Waals surface area (Å²) in [5.74, 6) is -0.0661. The highest BCUT2D eigenvalue weighted by molar-refractivity contribution is 9.10. The Hall–Kier alpha value is -0.990. The molecule has 1 N–H and O–H groups in total. The van der Waals surface area contributed by atoms with E-state index in [4.69, 9.17) is 0 Å². The molecule has 0 aromatic carbocycles. The molecule has 1 rings (SSSR count). The Morgan fingerprint density at radius 2 is 2.17 bits per heavy atom. The first-order valence-electron chi connectivity index (χ1n) is 5.04. The maximum Gasteiger partial charge on any atom is 0.240 e. The van der Waals surface area contributed by atoms with E-state index in [2.05, 4.69) is 26.2 Å². The highest BCUT2D eigenvalue weighted by atomic mass is 79.9. The molecule has 0 saturated carbocycles. The number of carbonyl (C=O) groups excluding carboxylic acids is 1. The number of aromatic nitrogens is 1. The summed E-state index contributed by atoms with van der Waals surface area (Å²) in [6.07, 6.45) is 2.61. The third-order valence-electron chi connectivity index (χ3n) is 2.27. The zero-order valence-electron chi connectivity index (χ0n) is 10.3. The molecule has 0 aliphatic carbocycles. The Balaban J connectivity index is 2.74. The average Bonchev–Trinajstić information content (AvgIpc) is 2.23. The number of halogens is 1. The Kier molecular flexibility index (Phi) is 4.83. The summed E-state index contributed by atoms with van der Waals surface area (Å²) >= 11 is 3.31. The molecule has 0 atom stereocenters. The molecular weight excluding hydrogens is 322 g/mol. The van der Waals surface area contributed by atoms with Gasteiger partial charge in [0, 0.05) is 13.2 Å². The number of hydrogen-bond acceptors (Lipinski definition) is 4. The molecule has 1 heterocycles. The first-order chi connectivity index (χ1) is 8.21. The molecule has 0 saturated heterocycles. The van der Waals surface area contributed by atoms with Gasteiger partial charge in [0.15, 0.2) is 0 Å². The molecule has 8 heteroatoms. The number of rotatable bonds is 4. The SMILES string of the molecule is Cc1ccnc(NC(=O)CN(C)S(C)(=O)=O)c1Br. The molecule has 1 aromatic rings. The number of carbonyl (C=O) groups is 1. The van der Waals surface area contributed by atoms with E-state index in [0.717, 1.165) is 16.1 Å². The molecule has 100 valence electrons. The van der Waals surface area contributed by atoms with Crippen molar-refractivity contribution >= 4 is 37.7 Å². The summed E-state index contributed by atoms with van der Waals surface area (Å²) in [4.78, 5) is 15.7. The third-order valence-corrected chi connectivity index (χ3v) is 4.53. The number of amides is 1. The topological polar surface area (TPSA) is 79.4 Å². The van der Waals surface area contributed by atoms with E-state index in [-0.39, 0.29) is 6.54 Å². The maximum atomic E-state index is 11.7. The molecule has 0 unspecified atom stereocenters. The van der Waals surface area contributed by atoms with Crippen molar-refractivity contribution < 1.29 is 13.2 Å². The van der Waals surface area contributed by atoms with Gasteiger partial charge in [-0.15, -0.1) is 0 Å². The molecule has 18 heavy (non-hydrogen) atoms. The molecule has 6 nitrogen and oxygen atoms in total. The summed E-state index contributed by atoms with van der Waals surface area (Å²) in [5.41, 5.74) is 0.928. The van der Waals surface area contributed by atoms with Gasteiger partial charge in [-0.3, -0.25) is 4.79 Å². The molecule has 1 aromatic heterocycles. The standard InChI is InChI=1S/C10H14BrN3O3S/c1-7-4-5-12-10(9(7)11)13-8(15)6-14(2)18(3,16)17/h4-5H,6H2,1-3H3,(H,12,13,15). The predicted octanol–water partition coefficient (Wildman–Crippen LogP) is 0.982. The smallest absolute Gasteiger partial charge is 0.240 e. The van der Waals surface area contributed by atoms with Crippen LogP contribution in [0.1, 0.15) is 5.56 Å². The summed E-state index contributed by atoms with van der Waals surface area (Å²) in [7, 11) is -2.03. The van der Waals surface area contributed by atoms with Crippen LogP contribution in [0.15, 0.2) is 16.7 Å². The van der Waals surface area contributed by atoms with E-state index in [1.54, 1.807) is 12.3 Å². The number of likely N-dealkylation sites (N-methyl/N-ethyl adjacent to an activating group) is 1. The highest BCUT2D eigenvalue weighted by Gasteiger charge is 2.16. The fraction of sp³-hybridized carbons (Fsp3) is 0.400. The van der Waals surface area contributed by atoms with Crippen molar-refractivity contribution in [2.24, 2.45) is 0 Å². The summed E-state index contributed by atoms with van der Waals surface area (Å²) in [6.45, 7) is 1.62. The number of pyridine rings is 1.